The van der Waals surface area contributed by atoms with Gasteiger partial charge >= 0.3 is 0 Å². The molecule has 1 amide bonds. The molecule has 3 rings (SSSR count). The molecule has 0 aliphatic heterocycles. The van der Waals surface area contributed by atoms with Crippen LogP contribution in [0.15, 0.2) is 71.6 Å². The van der Waals surface area contributed by atoms with E-state index in [1.807, 2.05) is 37.3 Å². The van der Waals surface area contributed by atoms with E-state index in [0.29, 0.717) is 17.2 Å². The summed E-state index contributed by atoms with van der Waals surface area (Å²) in [7, 11) is -2.26. The van der Waals surface area contributed by atoms with E-state index in [9.17, 15) is 13.2 Å². The van der Waals surface area contributed by atoms with Gasteiger partial charge in [0.05, 0.1) is 18.0 Å². The molecule has 7 heteroatoms. The molecule has 34 heavy (non-hydrogen) atoms. The zero-order valence-electron chi connectivity index (χ0n) is 20.3. The van der Waals surface area contributed by atoms with Gasteiger partial charge in [0.25, 0.3) is 15.9 Å². The number of nitrogens with one attached hydrogen (secondary N) is 2. The number of rotatable bonds is 9. The van der Waals surface area contributed by atoms with E-state index in [-0.39, 0.29) is 22.4 Å². The van der Waals surface area contributed by atoms with Crippen LogP contribution in [0.25, 0.3) is 0 Å². The van der Waals surface area contributed by atoms with Gasteiger partial charge < -0.3 is 10.1 Å². The molecule has 3 aromatic rings. The Morgan fingerprint density at radius 1 is 0.971 bits per heavy atom. The standard InChI is InChI=1S/C27H32N2O4S/c1-18(2)15-25(21-11-13-24(33-5)14-12-21)28-27(30)22-10-9-20(4)26(17-22)34(31,32)29-23-8-6-7-19(3)16-23/h6-14,16-18,25,29H,15H2,1-5H3,(H,28,30). The van der Waals surface area contributed by atoms with Crippen molar-refractivity contribution in [1.29, 1.82) is 0 Å². The summed E-state index contributed by atoms with van der Waals surface area (Å²) in [5.41, 5.74) is 3.23. The van der Waals surface area contributed by atoms with Crippen LogP contribution in [-0.4, -0.2) is 21.4 Å². The van der Waals surface area contributed by atoms with Crippen LogP contribution in [0.5, 0.6) is 5.75 Å². The predicted molar refractivity (Wildman–Crippen MR) is 136 cm³/mol. The topological polar surface area (TPSA) is 84.5 Å². The molecule has 0 spiro atoms. The van der Waals surface area contributed by atoms with Crippen LogP contribution in [0.2, 0.25) is 0 Å². The lowest BCUT2D eigenvalue weighted by Crippen LogP contribution is -2.29. The maximum Gasteiger partial charge on any atom is 0.262 e. The zero-order chi connectivity index (χ0) is 24.9. The second kappa shape index (κ2) is 10.7. The lowest BCUT2D eigenvalue weighted by molar-refractivity contribution is 0.0931. The first-order chi connectivity index (χ1) is 16.1. The molecule has 0 fully saturated rings. The number of methoxy groups -OCH3 is 1. The van der Waals surface area contributed by atoms with Gasteiger partial charge in [-0.15, -0.1) is 0 Å². The predicted octanol–water partition coefficient (Wildman–Crippen LogP) is 5.63. The van der Waals surface area contributed by atoms with Crippen LogP contribution in [0.1, 0.15) is 53.4 Å². The van der Waals surface area contributed by atoms with Crippen LogP contribution in [-0.2, 0) is 10.0 Å². The number of ether oxygens (including phenoxy) is 1. The Balaban J connectivity index is 1.87. The van der Waals surface area contributed by atoms with Gasteiger partial charge in [0.1, 0.15) is 5.75 Å². The second-order valence-electron chi connectivity index (χ2n) is 8.88. The van der Waals surface area contributed by atoms with Gasteiger partial charge in [0, 0.05) is 11.3 Å². The fourth-order valence-electron chi connectivity index (χ4n) is 3.78. The molecule has 0 aliphatic rings. The number of benzene rings is 3. The van der Waals surface area contributed by atoms with Crippen molar-refractivity contribution >= 4 is 21.6 Å². The Morgan fingerprint density at radius 2 is 1.68 bits per heavy atom. The fraction of sp³-hybridized carbons (Fsp3) is 0.296. The van der Waals surface area contributed by atoms with Crippen LogP contribution in [0.4, 0.5) is 5.69 Å². The van der Waals surface area contributed by atoms with Crippen molar-refractivity contribution in [3.8, 4) is 5.75 Å². The van der Waals surface area contributed by atoms with Crippen LogP contribution >= 0.6 is 0 Å². The summed E-state index contributed by atoms with van der Waals surface area (Å²) < 4.78 is 34.1. The SMILES string of the molecule is COc1ccc(C(CC(C)C)NC(=O)c2ccc(C)c(S(=O)(=O)Nc3cccc(C)c3)c2)cc1. The summed E-state index contributed by atoms with van der Waals surface area (Å²) in [4.78, 5) is 13.3. The molecule has 0 heterocycles. The molecule has 2 N–H and O–H groups in total. The Hall–Kier alpha value is -3.32. The Kier molecular flexibility index (Phi) is 7.99. The number of hydrogen-bond donors (Lipinski definition) is 2. The average Bonchev–Trinajstić information content (AvgIpc) is 2.78. The average molecular weight is 481 g/mol. The minimum atomic E-state index is -3.87. The van der Waals surface area contributed by atoms with Gasteiger partial charge in [0.2, 0.25) is 0 Å². The van der Waals surface area contributed by atoms with E-state index in [2.05, 4.69) is 23.9 Å². The van der Waals surface area contributed by atoms with Crippen molar-refractivity contribution in [2.45, 2.75) is 45.1 Å². The van der Waals surface area contributed by atoms with E-state index in [1.54, 1.807) is 44.4 Å². The van der Waals surface area contributed by atoms with Gasteiger partial charge in [0.15, 0.2) is 0 Å². The number of aryl methyl sites for hydroxylation is 2. The van der Waals surface area contributed by atoms with Crippen LogP contribution in [0, 0.1) is 19.8 Å². The van der Waals surface area contributed by atoms with Crippen molar-refractivity contribution in [2.24, 2.45) is 5.92 Å². The summed E-state index contributed by atoms with van der Waals surface area (Å²) in [5, 5.41) is 3.08. The molecule has 0 aliphatic carbocycles. The Bertz CT molecular complexity index is 1250. The van der Waals surface area contributed by atoms with Crippen molar-refractivity contribution in [3.05, 3.63) is 89.0 Å². The minimum absolute atomic E-state index is 0.0755. The summed E-state index contributed by atoms with van der Waals surface area (Å²) >= 11 is 0. The van der Waals surface area contributed by atoms with Gasteiger partial charge in [-0.25, -0.2) is 8.42 Å². The molecule has 1 unspecified atom stereocenters. The number of anilines is 1. The molecular weight excluding hydrogens is 448 g/mol. The van der Waals surface area contributed by atoms with E-state index >= 15 is 0 Å². The molecule has 0 radical (unpaired) electrons. The van der Waals surface area contributed by atoms with Gasteiger partial charge in [-0.3, -0.25) is 9.52 Å². The van der Waals surface area contributed by atoms with Gasteiger partial charge in [-0.05, 0) is 79.3 Å². The van der Waals surface area contributed by atoms with Crippen molar-refractivity contribution < 1.29 is 17.9 Å². The van der Waals surface area contributed by atoms with Crippen molar-refractivity contribution in [2.75, 3.05) is 11.8 Å². The third kappa shape index (κ3) is 6.38. The molecule has 0 aromatic heterocycles. The number of hydrogen-bond acceptors (Lipinski definition) is 4. The number of amides is 1. The van der Waals surface area contributed by atoms with Crippen LogP contribution < -0.4 is 14.8 Å². The number of carbonyl (C=O) groups is 1. The highest BCUT2D eigenvalue weighted by molar-refractivity contribution is 7.92. The highest BCUT2D eigenvalue weighted by atomic mass is 32.2. The normalized spacial score (nSPS) is 12.3. The maximum absolute atomic E-state index is 13.2. The largest absolute Gasteiger partial charge is 0.497 e. The smallest absolute Gasteiger partial charge is 0.262 e. The molecule has 0 saturated heterocycles. The van der Waals surface area contributed by atoms with Crippen molar-refractivity contribution in [3.63, 3.8) is 0 Å². The van der Waals surface area contributed by atoms with E-state index < -0.39 is 10.0 Å². The second-order valence-corrected chi connectivity index (χ2v) is 10.5. The maximum atomic E-state index is 13.2. The third-order valence-corrected chi connectivity index (χ3v) is 7.06. The third-order valence-electron chi connectivity index (χ3n) is 5.54. The fourth-order valence-corrected chi connectivity index (χ4v) is 5.10. The van der Waals surface area contributed by atoms with Crippen molar-refractivity contribution in [1.82, 2.24) is 5.32 Å². The Labute approximate surface area is 202 Å². The minimum Gasteiger partial charge on any atom is -0.497 e. The number of carbonyl (C=O) groups excluding carboxylic acids is 1. The monoisotopic (exact) mass is 480 g/mol. The molecule has 0 bridgehead atoms. The first kappa shape index (κ1) is 25.3. The Morgan fingerprint density at radius 3 is 2.29 bits per heavy atom. The van der Waals surface area contributed by atoms with Gasteiger partial charge in [-0.1, -0.05) is 44.2 Å². The first-order valence-corrected chi connectivity index (χ1v) is 12.7. The van der Waals surface area contributed by atoms with E-state index in [0.717, 1.165) is 23.3 Å². The summed E-state index contributed by atoms with van der Waals surface area (Å²) in [6.45, 7) is 7.79. The lowest BCUT2D eigenvalue weighted by atomic mass is 9.96. The molecule has 3 aromatic carbocycles. The number of sulfonamides is 1. The quantitative estimate of drug-likeness (QED) is 0.416. The summed E-state index contributed by atoms with van der Waals surface area (Å²) in [5.74, 6) is 0.765. The first-order valence-electron chi connectivity index (χ1n) is 11.2. The summed E-state index contributed by atoms with van der Waals surface area (Å²) in [6, 6.07) is 19.3. The zero-order valence-corrected chi connectivity index (χ0v) is 21.1. The molecular formula is C27H32N2O4S. The molecule has 6 nitrogen and oxygen atoms in total. The molecule has 1 atom stereocenters. The summed E-state index contributed by atoms with van der Waals surface area (Å²) in [6.07, 6.45) is 0.740. The van der Waals surface area contributed by atoms with E-state index in [4.69, 9.17) is 4.74 Å². The molecule has 0 saturated carbocycles. The highest BCUT2D eigenvalue weighted by Crippen LogP contribution is 2.25. The van der Waals surface area contributed by atoms with Crippen LogP contribution in [0.3, 0.4) is 0 Å². The van der Waals surface area contributed by atoms with Gasteiger partial charge in [-0.2, -0.15) is 0 Å². The van der Waals surface area contributed by atoms with E-state index in [1.165, 1.54) is 6.07 Å². The highest BCUT2D eigenvalue weighted by Gasteiger charge is 2.22. The molecule has 180 valence electrons. The lowest BCUT2D eigenvalue weighted by Gasteiger charge is -2.22.